The van der Waals surface area contributed by atoms with Crippen LogP contribution >= 0.6 is 11.5 Å². The zero-order valence-electron chi connectivity index (χ0n) is 12.7. The van der Waals surface area contributed by atoms with Gasteiger partial charge in [-0.05, 0) is 43.8 Å². The second-order valence-corrected chi connectivity index (χ2v) is 7.44. The molecule has 5 nitrogen and oxygen atoms in total. The number of hydrogen-bond donors (Lipinski definition) is 1. The number of aromatic nitrogens is 2. The molecular formula is C14H24N4OS. The van der Waals surface area contributed by atoms with Crippen molar-refractivity contribution in [2.24, 2.45) is 11.7 Å². The van der Waals surface area contributed by atoms with Crippen LogP contribution in [0.25, 0.3) is 0 Å². The summed E-state index contributed by atoms with van der Waals surface area (Å²) in [6, 6.07) is 0.264. The van der Waals surface area contributed by atoms with Crippen LogP contribution < -0.4 is 5.73 Å². The first-order valence-electron chi connectivity index (χ1n) is 7.18. The predicted octanol–water partition coefficient (Wildman–Crippen LogP) is 2.03. The minimum absolute atomic E-state index is 0.0653. The Morgan fingerprint density at radius 2 is 2.15 bits per heavy atom. The van der Waals surface area contributed by atoms with Crippen molar-refractivity contribution in [1.29, 1.82) is 0 Å². The van der Waals surface area contributed by atoms with Crippen LogP contribution in [-0.2, 0) is 5.41 Å². The van der Waals surface area contributed by atoms with E-state index in [1.54, 1.807) is 0 Å². The van der Waals surface area contributed by atoms with Gasteiger partial charge in [0.15, 0.2) is 0 Å². The van der Waals surface area contributed by atoms with Crippen LogP contribution in [0, 0.1) is 5.92 Å². The molecule has 1 fully saturated rings. The number of nitrogens with zero attached hydrogens (tertiary/aromatic N) is 3. The van der Waals surface area contributed by atoms with Gasteiger partial charge in [0.05, 0.1) is 5.69 Å². The van der Waals surface area contributed by atoms with Gasteiger partial charge in [0.25, 0.3) is 5.91 Å². The summed E-state index contributed by atoms with van der Waals surface area (Å²) >= 11 is 1.21. The molecule has 6 heteroatoms. The first-order chi connectivity index (χ1) is 9.34. The molecule has 0 radical (unpaired) electrons. The quantitative estimate of drug-likeness (QED) is 0.906. The lowest BCUT2D eigenvalue weighted by atomic mass is 9.90. The molecule has 2 atom stereocenters. The summed E-state index contributed by atoms with van der Waals surface area (Å²) in [4.78, 5) is 15.4. The topological polar surface area (TPSA) is 72.1 Å². The fourth-order valence-electron chi connectivity index (χ4n) is 2.61. The lowest BCUT2D eigenvalue weighted by molar-refractivity contribution is 0.0569. The van der Waals surface area contributed by atoms with Gasteiger partial charge in [-0.2, -0.15) is 0 Å². The van der Waals surface area contributed by atoms with Crippen LogP contribution in [0.3, 0.4) is 0 Å². The molecule has 0 bridgehead atoms. The Hall–Kier alpha value is -1.01. The van der Waals surface area contributed by atoms with Gasteiger partial charge in [0.2, 0.25) is 0 Å². The first-order valence-corrected chi connectivity index (χ1v) is 7.95. The molecule has 2 rings (SSSR count). The summed E-state index contributed by atoms with van der Waals surface area (Å²) in [6.45, 7) is 9.67. The smallest absolute Gasteiger partial charge is 0.267 e. The van der Waals surface area contributed by atoms with Crippen molar-refractivity contribution in [3.63, 3.8) is 0 Å². The summed E-state index contributed by atoms with van der Waals surface area (Å²) in [5.74, 6) is 0.477. The molecule has 1 amide bonds. The van der Waals surface area contributed by atoms with Gasteiger partial charge in [-0.15, -0.1) is 5.10 Å². The Bertz CT molecular complexity index is 480. The van der Waals surface area contributed by atoms with Crippen LogP contribution in [-0.4, -0.2) is 39.5 Å². The summed E-state index contributed by atoms with van der Waals surface area (Å²) < 4.78 is 3.99. The minimum Gasteiger partial charge on any atom is -0.335 e. The molecule has 2 unspecified atom stereocenters. The van der Waals surface area contributed by atoms with E-state index in [0.29, 0.717) is 17.3 Å². The third kappa shape index (κ3) is 3.01. The molecule has 0 aliphatic carbocycles. The Kier molecular flexibility index (Phi) is 4.44. The fourth-order valence-corrected chi connectivity index (χ4v) is 3.44. The van der Waals surface area contributed by atoms with E-state index in [0.717, 1.165) is 25.1 Å². The molecule has 1 aromatic rings. The third-order valence-electron chi connectivity index (χ3n) is 3.97. The third-order valence-corrected chi connectivity index (χ3v) is 4.68. The van der Waals surface area contributed by atoms with Crippen LogP contribution in [0.2, 0.25) is 0 Å². The van der Waals surface area contributed by atoms with Gasteiger partial charge in [0.1, 0.15) is 4.88 Å². The van der Waals surface area contributed by atoms with Crippen molar-refractivity contribution >= 4 is 17.4 Å². The summed E-state index contributed by atoms with van der Waals surface area (Å²) in [7, 11) is 0. The number of carbonyl (C=O) groups excluding carboxylic acids is 1. The highest BCUT2D eigenvalue weighted by Gasteiger charge is 2.33. The maximum atomic E-state index is 12.8. The second-order valence-electron chi connectivity index (χ2n) is 6.69. The van der Waals surface area contributed by atoms with Crippen molar-refractivity contribution < 1.29 is 4.79 Å². The Balaban J connectivity index is 2.24. The molecule has 2 N–H and O–H groups in total. The molecule has 112 valence electrons. The standard InChI is InChI=1S/C14H24N4OS/c1-9-5-6-10(7-15)8-18(9)13(19)11-12(14(2,3)4)16-17-20-11/h9-10H,5-8,15H2,1-4H3. The average molecular weight is 296 g/mol. The lowest BCUT2D eigenvalue weighted by Crippen LogP contribution is -2.47. The summed E-state index contributed by atoms with van der Waals surface area (Å²) in [5, 5.41) is 4.16. The minimum atomic E-state index is -0.162. The van der Waals surface area contributed by atoms with Gasteiger partial charge >= 0.3 is 0 Å². The number of nitrogens with two attached hydrogens (primary N) is 1. The van der Waals surface area contributed by atoms with Gasteiger partial charge in [-0.1, -0.05) is 25.3 Å². The molecule has 1 saturated heterocycles. The molecular weight excluding hydrogens is 272 g/mol. The Morgan fingerprint density at radius 1 is 1.45 bits per heavy atom. The first kappa shape index (κ1) is 15.4. The van der Waals surface area contributed by atoms with Crippen LogP contribution in [0.4, 0.5) is 0 Å². The largest absolute Gasteiger partial charge is 0.335 e. The van der Waals surface area contributed by atoms with E-state index in [4.69, 9.17) is 5.73 Å². The van der Waals surface area contributed by atoms with Crippen LogP contribution in [0.1, 0.15) is 55.9 Å². The van der Waals surface area contributed by atoms with Gasteiger partial charge in [0, 0.05) is 18.0 Å². The van der Waals surface area contributed by atoms with Crippen LogP contribution in [0.5, 0.6) is 0 Å². The molecule has 2 heterocycles. The van der Waals surface area contributed by atoms with E-state index in [1.807, 2.05) is 4.90 Å². The summed E-state index contributed by atoms with van der Waals surface area (Å²) in [6.07, 6.45) is 2.12. The van der Waals surface area contributed by atoms with Crippen molar-refractivity contribution in [1.82, 2.24) is 14.5 Å². The van der Waals surface area contributed by atoms with Crippen LogP contribution in [0.15, 0.2) is 0 Å². The van der Waals surface area contributed by atoms with E-state index in [1.165, 1.54) is 11.5 Å². The van der Waals surface area contributed by atoms with Crippen molar-refractivity contribution in [3.05, 3.63) is 10.6 Å². The van der Waals surface area contributed by atoms with E-state index in [2.05, 4.69) is 37.3 Å². The van der Waals surface area contributed by atoms with Gasteiger partial charge < -0.3 is 10.6 Å². The summed E-state index contributed by atoms with van der Waals surface area (Å²) in [5.41, 5.74) is 6.41. The molecule has 0 saturated carbocycles. The van der Waals surface area contributed by atoms with Crippen molar-refractivity contribution in [2.45, 2.75) is 52.0 Å². The van der Waals surface area contributed by atoms with E-state index in [-0.39, 0.29) is 17.4 Å². The molecule has 1 aromatic heterocycles. The van der Waals surface area contributed by atoms with Gasteiger partial charge in [-0.3, -0.25) is 4.79 Å². The van der Waals surface area contributed by atoms with E-state index >= 15 is 0 Å². The number of hydrogen-bond acceptors (Lipinski definition) is 5. The molecule has 1 aliphatic heterocycles. The van der Waals surface area contributed by atoms with Gasteiger partial charge in [-0.25, -0.2) is 0 Å². The van der Waals surface area contributed by atoms with E-state index in [9.17, 15) is 4.79 Å². The number of likely N-dealkylation sites (tertiary alicyclic amines) is 1. The predicted molar refractivity (Wildman–Crippen MR) is 80.9 cm³/mol. The maximum absolute atomic E-state index is 12.8. The highest BCUT2D eigenvalue weighted by atomic mass is 32.1. The number of carbonyl (C=O) groups is 1. The highest BCUT2D eigenvalue weighted by molar-refractivity contribution is 7.08. The molecule has 1 aliphatic rings. The maximum Gasteiger partial charge on any atom is 0.267 e. The zero-order chi connectivity index (χ0) is 14.9. The number of amides is 1. The molecule has 0 spiro atoms. The highest BCUT2D eigenvalue weighted by Crippen LogP contribution is 2.29. The Labute approximate surface area is 124 Å². The fraction of sp³-hybridized carbons (Fsp3) is 0.786. The zero-order valence-corrected chi connectivity index (χ0v) is 13.5. The average Bonchev–Trinajstić information content (AvgIpc) is 2.87. The molecule has 20 heavy (non-hydrogen) atoms. The normalized spacial score (nSPS) is 23.9. The second kappa shape index (κ2) is 5.77. The lowest BCUT2D eigenvalue weighted by Gasteiger charge is -2.37. The monoisotopic (exact) mass is 296 g/mol. The van der Waals surface area contributed by atoms with Crippen molar-refractivity contribution in [3.8, 4) is 0 Å². The molecule has 0 aromatic carbocycles. The van der Waals surface area contributed by atoms with Crippen molar-refractivity contribution in [2.75, 3.05) is 13.1 Å². The Morgan fingerprint density at radius 3 is 2.75 bits per heavy atom. The number of piperidine rings is 1. The number of rotatable bonds is 2. The SMILES string of the molecule is CC1CCC(CN)CN1C(=O)c1snnc1C(C)(C)C. The van der Waals surface area contributed by atoms with E-state index < -0.39 is 0 Å².